The topological polar surface area (TPSA) is 97.5 Å². The van der Waals surface area contributed by atoms with Gasteiger partial charge >= 0.3 is 5.97 Å². The Bertz CT molecular complexity index is 727. The Kier molecular flexibility index (Phi) is 5.61. The molecule has 8 heteroatoms. The van der Waals surface area contributed by atoms with Crippen molar-refractivity contribution in [2.24, 2.45) is 5.73 Å². The highest BCUT2D eigenvalue weighted by molar-refractivity contribution is 7.13. The Labute approximate surface area is 164 Å². The lowest BCUT2D eigenvalue weighted by atomic mass is 9.78. The summed E-state index contributed by atoms with van der Waals surface area (Å²) in [6.07, 6.45) is 3.80. The molecule has 7 nitrogen and oxygen atoms in total. The van der Waals surface area contributed by atoms with E-state index in [0.717, 1.165) is 42.9 Å². The van der Waals surface area contributed by atoms with Crippen LogP contribution in [-0.2, 0) is 22.5 Å². The smallest absolute Gasteiger partial charge is 0.328 e. The van der Waals surface area contributed by atoms with E-state index in [1.807, 2.05) is 20.8 Å². The Morgan fingerprint density at radius 2 is 2.11 bits per heavy atom. The largest absolute Gasteiger partial charge is 0.459 e. The predicted octanol–water partition coefficient (Wildman–Crippen LogP) is 1.84. The number of nitrogens with one attached hydrogen (secondary N) is 1. The molecule has 2 aliphatic rings. The first-order chi connectivity index (χ1) is 12.6. The first kappa shape index (κ1) is 20.2. The lowest BCUT2D eigenvalue weighted by molar-refractivity contribution is -0.164. The average Bonchev–Trinajstić information content (AvgIpc) is 2.98. The number of hydrogen-bond donors (Lipinski definition) is 2. The fourth-order valence-electron chi connectivity index (χ4n) is 3.66. The number of thiazole rings is 1. The average molecular weight is 395 g/mol. The van der Waals surface area contributed by atoms with Crippen LogP contribution in [0, 0.1) is 0 Å². The summed E-state index contributed by atoms with van der Waals surface area (Å²) in [5.74, 6) is -0.692. The van der Waals surface area contributed by atoms with Crippen molar-refractivity contribution < 1.29 is 14.3 Å². The normalized spacial score (nSPS) is 26.3. The Balaban J connectivity index is 1.74. The molecule has 0 spiro atoms. The van der Waals surface area contributed by atoms with Crippen LogP contribution in [0.4, 0.5) is 0 Å². The van der Waals surface area contributed by atoms with Gasteiger partial charge in [-0.05, 0) is 40.7 Å². The maximum Gasteiger partial charge on any atom is 0.328 e. The molecule has 0 bridgehead atoms. The Morgan fingerprint density at radius 3 is 2.81 bits per heavy atom. The molecule has 1 saturated carbocycles. The number of esters is 1. The van der Waals surface area contributed by atoms with E-state index in [0.29, 0.717) is 17.8 Å². The van der Waals surface area contributed by atoms with Crippen molar-refractivity contribution in [3.63, 3.8) is 0 Å². The number of fused-ring (bicyclic) bond motifs is 1. The van der Waals surface area contributed by atoms with Gasteiger partial charge in [0.25, 0.3) is 5.91 Å². The molecule has 2 heterocycles. The van der Waals surface area contributed by atoms with Crippen LogP contribution in [0.1, 0.15) is 66.8 Å². The maximum atomic E-state index is 12.8. The minimum absolute atomic E-state index is 0.248. The Hall–Kier alpha value is -1.51. The third kappa shape index (κ3) is 4.50. The van der Waals surface area contributed by atoms with Crippen molar-refractivity contribution in [2.75, 3.05) is 13.6 Å². The molecule has 1 aliphatic heterocycles. The van der Waals surface area contributed by atoms with Crippen LogP contribution < -0.4 is 11.1 Å². The number of hydrogen-bond acceptors (Lipinski definition) is 7. The van der Waals surface area contributed by atoms with Gasteiger partial charge < -0.3 is 20.7 Å². The third-order valence-corrected chi connectivity index (χ3v) is 6.24. The number of likely N-dealkylation sites (N-methyl/N-ethyl adjacent to an activating group) is 1. The van der Waals surface area contributed by atoms with Gasteiger partial charge in [0.2, 0.25) is 0 Å². The first-order valence-corrected chi connectivity index (χ1v) is 10.4. The summed E-state index contributed by atoms with van der Waals surface area (Å²) < 4.78 is 5.54. The molecule has 150 valence electrons. The summed E-state index contributed by atoms with van der Waals surface area (Å²) >= 11 is 1.43. The van der Waals surface area contributed by atoms with E-state index in [2.05, 4.69) is 22.2 Å². The van der Waals surface area contributed by atoms with Crippen LogP contribution in [0.3, 0.4) is 0 Å². The summed E-state index contributed by atoms with van der Waals surface area (Å²) in [4.78, 5) is 33.5. The highest BCUT2D eigenvalue weighted by Gasteiger charge is 2.47. The van der Waals surface area contributed by atoms with Gasteiger partial charge in [-0.25, -0.2) is 9.78 Å². The van der Waals surface area contributed by atoms with Gasteiger partial charge in [-0.3, -0.25) is 4.79 Å². The maximum absolute atomic E-state index is 12.8. The van der Waals surface area contributed by atoms with E-state index in [1.54, 1.807) is 0 Å². The van der Waals surface area contributed by atoms with E-state index in [-0.39, 0.29) is 5.91 Å². The Morgan fingerprint density at radius 1 is 1.37 bits per heavy atom. The van der Waals surface area contributed by atoms with Crippen molar-refractivity contribution in [1.29, 1.82) is 0 Å². The number of carbonyl (C=O) groups excluding carboxylic acids is 2. The molecule has 0 radical (unpaired) electrons. The van der Waals surface area contributed by atoms with Crippen molar-refractivity contribution >= 4 is 23.2 Å². The zero-order chi connectivity index (χ0) is 19.8. The molecule has 2 atom stereocenters. The number of nitrogens with two attached hydrogens (primary N) is 1. The SMILES string of the molecule is CN1CCc2nc(C(=O)NC3CCCCC3(N)C(=O)OC(C)(C)C)sc2C1. The summed E-state index contributed by atoms with van der Waals surface area (Å²) in [5, 5.41) is 3.43. The third-order valence-electron chi connectivity index (χ3n) is 5.16. The summed E-state index contributed by atoms with van der Waals surface area (Å²) in [5.41, 5.74) is 5.68. The van der Waals surface area contributed by atoms with E-state index in [1.165, 1.54) is 11.3 Å². The fourth-order valence-corrected chi connectivity index (χ4v) is 4.75. The predicted molar refractivity (Wildman–Crippen MR) is 105 cm³/mol. The van der Waals surface area contributed by atoms with Gasteiger partial charge in [0, 0.05) is 24.4 Å². The van der Waals surface area contributed by atoms with Crippen LogP contribution in [-0.4, -0.2) is 52.5 Å². The van der Waals surface area contributed by atoms with Gasteiger partial charge in [-0.1, -0.05) is 12.8 Å². The number of nitrogens with zero attached hydrogens (tertiary/aromatic N) is 2. The van der Waals surface area contributed by atoms with Crippen LogP contribution in [0.2, 0.25) is 0 Å². The summed E-state index contributed by atoms with van der Waals surface area (Å²) in [6.45, 7) is 7.23. The zero-order valence-electron chi connectivity index (χ0n) is 16.6. The first-order valence-electron chi connectivity index (χ1n) is 9.59. The minimum atomic E-state index is -1.20. The molecule has 1 aromatic heterocycles. The van der Waals surface area contributed by atoms with E-state index < -0.39 is 23.2 Å². The van der Waals surface area contributed by atoms with E-state index >= 15 is 0 Å². The van der Waals surface area contributed by atoms with Crippen molar-refractivity contribution in [1.82, 2.24) is 15.2 Å². The minimum Gasteiger partial charge on any atom is -0.459 e. The lowest BCUT2D eigenvalue weighted by Crippen LogP contribution is -2.65. The van der Waals surface area contributed by atoms with Crippen molar-refractivity contribution in [3.05, 3.63) is 15.6 Å². The molecule has 0 aromatic carbocycles. The number of ether oxygens (including phenoxy) is 1. The number of aromatic nitrogens is 1. The van der Waals surface area contributed by atoms with Gasteiger partial charge in [0.1, 0.15) is 11.1 Å². The standard InChI is InChI=1S/C19H30N4O3S/c1-18(2,3)26-17(25)19(20)9-6-5-7-14(19)22-15(24)16-21-12-8-10-23(4)11-13(12)27-16/h14H,5-11,20H2,1-4H3,(H,22,24). The lowest BCUT2D eigenvalue weighted by Gasteiger charge is -2.40. The molecule has 1 aromatic rings. The number of carbonyl (C=O) groups is 2. The van der Waals surface area contributed by atoms with Gasteiger partial charge in [-0.2, -0.15) is 0 Å². The quantitative estimate of drug-likeness (QED) is 0.759. The van der Waals surface area contributed by atoms with Crippen LogP contribution in [0.5, 0.6) is 0 Å². The second-order valence-corrected chi connectivity index (χ2v) is 9.77. The number of rotatable bonds is 3. The molecule has 3 N–H and O–H groups in total. The monoisotopic (exact) mass is 394 g/mol. The second-order valence-electron chi connectivity index (χ2n) is 8.69. The van der Waals surface area contributed by atoms with Crippen LogP contribution in [0.15, 0.2) is 0 Å². The summed E-state index contributed by atoms with van der Waals surface area (Å²) in [7, 11) is 2.06. The zero-order valence-corrected chi connectivity index (χ0v) is 17.4. The van der Waals surface area contributed by atoms with Crippen LogP contribution in [0.25, 0.3) is 0 Å². The highest BCUT2D eigenvalue weighted by Crippen LogP contribution is 2.30. The molecule has 3 rings (SSSR count). The molecule has 1 amide bonds. The fraction of sp³-hybridized carbons (Fsp3) is 0.737. The van der Waals surface area contributed by atoms with Crippen molar-refractivity contribution in [2.45, 2.75) is 76.6 Å². The van der Waals surface area contributed by atoms with E-state index in [9.17, 15) is 9.59 Å². The molecule has 0 saturated heterocycles. The molecular formula is C19H30N4O3S. The van der Waals surface area contributed by atoms with Gasteiger partial charge in [0.15, 0.2) is 5.01 Å². The van der Waals surface area contributed by atoms with E-state index in [4.69, 9.17) is 10.5 Å². The molecule has 1 aliphatic carbocycles. The van der Waals surface area contributed by atoms with Gasteiger partial charge in [-0.15, -0.1) is 11.3 Å². The van der Waals surface area contributed by atoms with Gasteiger partial charge in [0.05, 0.1) is 11.7 Å². The summed E-state index contributed by atoms with van der Waals surface area (Å²) in [6, 6.07) is -0.447. The van der Waals surface area contributed by atoms with Crippen LogP contribution >= 0.6 is 11.3 Å². The molecule has 1 fully saturated rings. The number of amides is 1. The molecule has 27 heavy (non-hydrogen) atoms. The highest BCUT2D eigenvalue weighted by atomic mass is 32.1. The second kappa shape index (κ2) is 7.48. The van der Waals surface area contributed by atoms with Crippen molar-refractivity contribution in [3.8, 4) is 0 Å². The molecular weight excluding hydrogens is 364 g/mol. The molecule has 2 unspecified atom stereocenters.